The van der Waals surface area contributed by atoms with Crippen LogP contribution in [0.25, 0.3) is 0 Å². The number of anilines is 1. The van der Waals surface area contributed by atoms with Crippen LogP contribution in [0.15, 0.2) is 60.8 Å². The molecule has 0 bridgehead atoms. The van der Waals surface area contributed by atoms with Crippen LogP contribution in [0.1, 0.15) is 53.4 Å². The van der Waals surface area contributed by atoms with Gasteiger partial charge in [-0.05, 0) is 43.5 Å². The number of methoxy groups -OCH3 is 1. The molecule has 10 heteroatoms. The normalized spacial score (nSPS) is 21.0. The molecule has 3 aromatic rings. The molecule has 0 N–H and O–H groups in total. The Morgan fingerprint density at radius 1 is 1.07 bits per heavy atom. The molecule has 1 aromatic heterocycles. The number of cyclic esters (lactones) is 1. The second kappa shape index (κ2) is 12.7. The molecule has 0 aliphatic carbocycles. The first kappa shape index (κ1) is 29.7. The van der Waals surface area contributed by atoms with Crippen molar-refractivity contribution in [3.63, 3.8) is 0 Å². The van der Waals surface area contributed by atoms with Crippen LogP contribution in [0.5, 0.6) is 11.5 Å². The van der Waals surface area contributed by atoms with Crippen LogP contribution in [-0.4, -0.2) is 67.2 Å². The summed E-state index contributed by atoms with van der Waals surface area (Å²) in [5.41, 5.74) is 4.18. The van der Waals surface area contributed by atoms with Gasteiger partial charge in [0, 0.05) is 74.9 Å². The molecular weight excluding hydrogens is 560 g/mol. The zero-order valence-corrected chi connectivity index (χ0v) is 25.6. The van der Waals surface area contributed by atoms with Gasteiger partial charge in [-0.1, -0.05) is 25.1 Å². The molecule has 2 fully saturated rings. The van der Waals surface area contributed by atoms with Crippen LogP contribution in [0.2, 0.25) is 0 Å². The Kier molecular flexibility index (Phi) is 8.61. The lowest BCUT2D eigenvalue weighted by atomic mass is 9.95. The molecule has 10 nitrogen and oxygen atoms in total. The molecule has 232 valence electrons. The van der Waals surface area contributed by atoms with Crippen LogP contribution in [0.3, 0.4) is 0 Å². The number of likely N-dealkylation sites (tertiary alicyclic amines) is 2. The predicted molar refractivity (Wildman–Crippen MR) is 165 cm³/mol. The number of amides is 2. The number of piperidine rings is 2. The van der Waals surface area contributed by atoms with Crippen molar-refractivity contribution in [2.24, 2.45) is 5.92 Å². The topological polar surface area (TPSA) is 98.5 Å². The van der Waals surface area contributed by atoms with E-state index in [2.05, 4.69) is 11.8 Å². The van der Waals surface area contributed by atoms with Crippen molar-refractivity contribution < 1.29 is 28.5 Å². The molecule has 44 heavy (non-hydrogen) atoms. The fourth-order valence-corrected chi connectivity index (χ4v) is 6.66. The van der Waals surface area contributed by atoms with E-state index in [0.29, 0.717) is 43.0 Å². The van der Waals surface area contributed by atoms with Crippen LogP contribution >= 0.6 is 0 Å². The summed E-state index contributed by atoms with van der Waals surface area (Å²) in [4.78, 5) is 32.2. The number of carbonyl (C=O) groups is 2. The number of benzene rings is 2. The Labute approximate surface area is 258 Å². The van der Waals surface area contributed by atoms with Gasteiger partial charge in [0.1, 0.15) is 24.2 Å². The number of para-hydroxylation sites is 1. The number of nitrogens with zero attached hydrogens (tertiary/aromatic N) is 4. The number of rotatable bonds is 7. The minimum atomic E-state index is -0.325. The van der Waals surface area contributed by atoms with Crippen molar-refractivity contribution in [3.8, 4) is 11.5 Å². The smallest absolute Gasteiger partial charge is 0.414 e. The first-order valence-electron chi connectivity index (χ1n) is 15.4. The Morgan fingerprint density at radius 2 is 1.86 bits per heavy atom. The fourth-order valence-electron chi connectivity index (χ4n) is 6.66. The molecule has 4 heterocycles. The van der Waals surface area contributed by atoms with E-state index in [9.17, 15) is 14.8 Å². The summed E-state index contributed by atoms with van der Waals surface area (Å²) in [5.74, 6) is 1.35. The molecule has 0 spiro atoms. The Balaban J connectivity index is 1.06. The fraction of sp³-hybridized carbons (Fsp3) is 0.441. The molecule has 3 aliphatic heterocycles. The highest BCUT2D eigenvalue weighted by atomic mass is 16.6. The lowest BCUT2D eigenvalue weighted by Crippen LogP contribution is -2.50. The predicted octanol–water partition coefficient (Wildman–Crippen LogP) is 4.69. The molecule has 0 saturated carbocycles. The summed E-state index contributed by atoms with van der Waals surface area (Å²) in [6, 6.07) is 17.0. The van der Waals surface area contributed by atoms with E-state index in [-0.39, 0.29) is 36.7 Å². The SMILES string of the molecule is COc1cc(OC2CCN(Cc3ccc[n+]([O-])c3C)CC2C)ccc1C(=O)N1CCC(N2C(=O)OCc3ccccc32)CC1. The van der Waals surface area contributed by atoms with Gasteiger partial charge in [-0.2, -0.15) is 4.73 Å². The van der Waals surface area contributed by atoms with Crippen LogP contribution in [0.4, 0.5) is 10.5 Å². The molecule has 3 aliphatic rings. The standard InChI is InChI=1S/C34H40N4O6/c1-23-20-35(21-25-8-6-15-37(41)24(25)2)16-14-31(23)44-28-10-11-29(32(19-28)42-3)33(39)36-17-12-27(13-18-36)38-30-9-5-4-7-26(30)22-43-34(38)40/h4-11,15,19,23,27,31H,12-14,16-18,20-22H2,1-3H3. The summed E-state index contributed by atoms with van der Waals surface area (Å²) in [6.07, 6.45) is 3.42. The lowest BCUT2D eigenvalue weighted by molar-refractivity contribution is -0.612. The van der Waals surface area contributed by atoms with E-state index in [1.165, 1.54) is 6.20 Å². The van der Waals surface area contributed by atoms with E-state index in [1.54, 1.807) is 30.2 Å². The Bertz CT molecular complexity index is 1520. The van der Waals surface area contributed by atoms with Crippen LogP contribution in [0, 0.1) is 18.0 Å². The molecule has 0 radical (unpaired) electrons. The van der Waals surface area contributed by atoms with Crippen molar-refractivity contribution >= 4 is 17.7 Å². The summed E-state index contributed by atoms with van der Waals surface area (Å²) >= 11 is 0. The average Bonchev–Trinajstić information content (AvgIpc) is 3.04. The average molecular weight is 601 g/mol. The molecule has 2 atom stereocenters. The zero-order valence-electron chi connectivity index (χ0n) is 25.6. The van der Waals surface area contributed by atoms with Crippen LogP contribution in [-0.2, 0) is 17.9 Å². The highest BCUT2D eigenvalue weighted by Crippen LogP contribution is 2.34. The number of carbonyl (C=O) groups excluding carboxylic acids is 2. The van der Waals surface area contributed by atoms with Gasteiger partial charge in [0.15, 0.2) is 11.9 Å². The third-order valence-corrected chi connectivity index (χ3v) is 9.23. The van der Waals surface area contributed by atoms with E-state index in [4.69, 9.17) is 14.2 Å². The zero-order chi connectivity index (χ0) is 30.8. The molecule has 2 unspecified atom stereocenters. The number of fused-ring (bicyclic) bond motifs is 1. The van der Waals surface area contributed by atoms with Crippen molar-refractivity contribution in [2.45, 2.75) is 58.4 Å². The third-order valence-electron chi connectivity index (χ3n) is 9.23. The quantitative estimate of drug-likeness (QED) is 0.287. The first-order valence-corrected chi connectivity index (χ1v) is 15.4. The number of pyridine rings is 1. The summed E-state index contributed by atoms with van der Waals surface area (Å²) in [6.45, 7) is 7.87. The van der Waals surface area contributed by atoms with E-state index < -0.39 is 0 Å². The van der Waals surface area contributed by atoms with Crippen molar-refractivity contribution in [3.05, 3.63) is 88.4 Å². The second-order valence-electron chi connectivity index (χ2n) is 12.0. The van der Waals surface area contributed by atoms with Gasteiger partial charge in [-0.25, -0.2) is 4.79 Å². The van der Waals surface area contributed by atoms with E-state index in [0.717, 1.165) is 53.3 Å². The van der Waals surface area contributed by atoms with Gasteiger partial charge in [-0.15, -0.1) is 0 Å². The number of hydrogen-bond donors (Lipinski definition) is 0. The molecule has 2 aromatic carbocycles. The monoisotopic (exact) mass is 600 g/mol. The molecule has 2 amide bonds. The highest BCUT2D eigenvalue weighted by molar-refractivity contribution is 5.97. The van der Waals surface area contributed by atoms with Crippen molar-refractivity contribution in [1.82, 2.24) is 9.80 Å². The summed E-state index contributed by atoms with van der Waals surface area (Å²) < 4.78 is 18.4. The van der Waals surface area contributed by atoms with Crippen molar-refractivity contribution in [2.75, 3.05) is 38.2 Å². The lowest BCUT2D eigenvalue weighted by Gasteiger charge is -2.40. The summed E-state index contributed by atoms with van der Waals surface area (Å²) in [5, 5.41) is 12.0. The Hall–Kier alpha value is -4.31. The molecular formula is C34H40N4O6. The third kappa shape index (κ3) is 6.04. The van der Waals surface area contributed by atoms with Crippen LogP contribution < -0.4 is 19.1 Å². The minimum absolute atomic E-state index is 0.0288. The van der Waals surface area contributed by atoms with Gasteiger partial charge in [-0.3, -0.25) is 14.6 Å². The maximum absolute atomic E-state index is 13.6. The van der Waals surface area contributed by atoms with Crippen molar-refractivity contribution in [1.29, 1.82) is 0 Å². The van der Waals surface area contributed by atoms with E-state index in [1.807, 2.05) is 48.2 Å². The molecule has 2 saturated heterocycles. The second-order valence-corrected chi connectivity index (χ2v) is 12.0. The minimum Gasteiger partial charge on any atom is -0.619 e. The number of hydrogen-bond acceptors (Lipinski definition) is 7. The maximum atomic E-state index is 13.6. The van der Waals surface area contributed by atoms with Gasteiger partial charge in [0.2, 0.25) is 0 Å². The maximum Gasteiger partial charge on any atom is 0.414 e. The number of aromatic nitrogens is 1. The molecule has 6 rings (SSSR count). The Morgan fingerprint density at radius 3 is 2.64 bits per heavy atom. The first-order chi connectivity index (χ1) is 21.3. The van der Waals surface area contributed by atoms with E-state index >= 15 is 0 Å². The number of ether oxygens (including phenoxy) is 3. The van der Waals surface area contributed by atoms with Gasteiger partial charge in [0.05, 0.1) is 18.4 Å². The van der Waals surface area contributed by atoms with Gasteiger partial charge < -0.3 is 24.3 Å². The van der Waals surface area contributed by atoms with Gasteiger partial charge >= 0.3 is 6.09 Å². The highest BCUT2D eigenvalue weighted by Gasteiger charge is 2.36. The van der Waals surface area contributed by atoms with Gasteiger partial charge in [0.25, 0.3) is 5.91 Å². The largest absolute Gasteiger partial charge is 0.619 e. The summed E-state index contributed by atoms with van der Waals surface area (Å²) in [7, 11) is 1.57.